The van der Waals surface area contributed by atoms with Gasteiger partial charge in [-0.3, -0.25) is 9.69 Å². The Balaban J connectivity index is 1.62. The maximum Gasteiger partial charge on any atom is 0.416 e. The summed E-state index contributed by atoms with van der Waals surface area (Å²) in [4.78, 5) is 14.1. The maximum atomic E-state index is 13.2. The van der Waals surface area contributed by atoms with Crippen LogP contribution in [-0.2, 0) is 17.5 Å². The number of amides is 1. The van der Waals surface area contributed by atoms with Gasteiger partial charge in [0.05, 0.1) is 12.1 Å². The lowest BCUT2D eigenvalue weighted by atomic mass is 10.1. The molecular weight excluding hydrogens is 367 g/mol. The molecule has 0 atom stereocenters. The Morgan fingerprint density at radius 1 is 1.04 bits per heavy atom. The second-order valence-corrected chi connectivity index (χ2v) is 6.51. The summed E-state index contributed by atoms with van der Waals surface area (Å²) in [5.74, 6) is -2.47. The van der Waals surface area contributed by atoms with Crippen molar-refractivity contribution in [1.82, 2.24) is 4.90 Å². The summed E-state index contributed by atoms with van der Waals surface area (Å²) in [6, 6.07) is 8.08. The highest BCUT2D eigenvalue weighted by molar-refractivity contribution is 5.92. The lowest BCUT2D eigenvalue weighted by Crippen LogP contribution is -2.34. The minimum absolute atomic E-state index is 0.00465. The Hall–Kier alpha value is -2.48. The van der Waals surface area contributed by atoms with E-state index in [2.05, 4.69) is 5.32 Å². The molecule has 1 aliphatic carbocycles. The number of nitrogens with zero attached hydrogens (tertiary/aromatic N) is 1. The van der Waals surface area contributed by atoms with Gasteiger partial charge in [-0.15, -0.1) is 0 Å². The van der Waals surface area contributed by atoms with E-state index in [0.29, 0.717) is 12.1 Å². The molecule has 3 nitrogen and oxygen atoms in total. The molecule has 0 bridgehead atoms. The molecule has 0 aromatic heterocycles. The monoisotopic (exact) mass is 384 g/mol. The quantitative estimate of drug-likeness (QED) is 0.739. The van der Waals surface area contributed by atoms with E-state index in [0.717, 1.165) is 37.1 Å². The van der Waals surface area contributed by atoms with Crippen LogP contribution in [0.2, 0.25) is 0 Å². The fourth-order valence-corrected chi connectivity index (χ4v) is 2.75. The molecule has 0 radical (unpaired) electrons. The Kier molecular flexibility index (Phi) is 5.46. The van der Waals surface area contributed by atoms with Crippen molar-refractivity contribution in [3.05, 3.63) is 65.2 Å². The zero-order valence-electron chi connectivity index (χ0n) is 14.2. The first-order valence-corrected chi connectivity index (χ1v) is 8.37. The second-order valence-electron chi connectivity index (χ2n) is 6.51. The van der Waals surface area contributed by atoms with Gasteiger partial charge < -0.3 is 5.32 Å². The van der Waals surface area contributed by atoms with Crippen LogP contribution in [0.15, 0.2) is 42.5 Å². The smallest absolute Gasteiger partial charge is 0.325 e. The molecule has 8 heteroatoms. The molecule has 2 aromatic carbocycles. The van der Waals surface area contributed by atoms with Gasteiger partial charge >= 0.3 is 6.18 Å². The Labute approximate surface area is 152 Å². The number of hydrogen-bond acceptors (Lipinski definition) is 2. The van der Waals surface area contributed by atoms with E-state index in [1.807, 2.05) is 4.90 Å². The summed E-state index contributed by atoms with van der Waals surface area (Å²) in [6.45, 7) is 0.332. The van der Waals surface area contributed by atoms with Crippen molar-refractivity contribution in [1.29, 1.82) is 0 Å². The van der Waals surface area contributed by atoms with Gasteiger partial charge in [0.1, 0.15) is 0 Å². The molecule has 27 heavy (non-hydrogen) atoms. The summed E-state index contributed by atoms with van der Waals surface area (Å²) in [5.41, 5.74) is 0.0833. The minimum atomic E-state index is -4.39. The highest BCUT2D eigenvalue weighted by Crippen LogP contribution is 2.31. The van der Waals surface area contributed by atoms with Gasteiger partial charge in [0.15, 0.2) is 11.6 Å². The summed E-state index contributed by atoms with van der Waals surface area (Å²) >= 11 is 0. The average Bonchev–Trinajstić information content (AvgIpc) is 3.42. The molecule has 144 valence electrons. The summed E-state index contributed by atoms with van der Waals surface area (Å²) in [5, 5.41) is 2.50. The molecule has 0 heterocycles. The van der Waals surface area contributed by atoms with Crippen molar-refractivity contribution in [2.45, 2.75) is 31.6 Å². The topological polar surface area (TPSA) is 32.3 Å². The van der Waals surface area contributed by atoms with E-state index in [-0.39, 0.29) is 18.3 Å². The van der Waals surface area contributed by atoms with Crippen LogP contribution in [-0.4, -0.2) is 23.4 Å². The first-order valence-electron chi connectivity index (χ1n) is 8.37. The van der Waals surface area contributed by atoms with Gasteiger partial charge in [-0.25, -0.2) is 8.78 Å². The van der Waals surface area contributed by atoms with E-state index < -0.39 is 29.3 Å². The molecular formula is C19H17F5N2O. The van der Waals surface area contributed by atoms with Crippen LogP contribution in [0.3, 0.4) is 0 Å². The van der Waals surface area contributed by atoms with Crippen LogP contribution in [0.4, 0.5) is 27.6 Å². The van der Waals surface area contributed by atoms with Crippen LogP contribution >= 0.6 is 0 Å². The number of alkyl halides is 3. The zero-order valence-corrected chi connectivity index (χ0v) is 14.2. The molecule has 2 aromatic rings. The van der Waals surface area contributed by atoms with Crippen molar-refractivity contribution in [2.75, 3.05) is 11.9 Å². The predicted molar refractivity (Wildman–Crippen MR) is 89.9 cm³/mol. The number of carbonyl (C=O) groups excluding carboxylic acids is 1. The molecule has 1 aliphatic rings. The van der Waals surface area contributed by atoms with Gasteiger partial charge in [0.25, 0.3) is 0 Å². The first kappa shape index (κ1) is 19.3. The largest absolute Gasteiger partial charge is 0.416 e. The number of benzene rings is 2. The number of rotatable bonds is 6. The minimum Gasteiger partial charge on any atom is -0.325 e. The number of anilines is 1. The van der Waals surface area contributed by atoms with Crippen molar-refractivity contribution < 1.29 is 26.7 Å². The van der Waals surface area contributed by atoms with Gasteiger partial charge in [0.2, 0.25) is 5.91 Å². The molecule has 1 fully saturated rings. The predicted octanol–water partition coefficient (Wildman–Crippen LogP) is 4.59. The first-order chi connectivity index (χ1) is 12.7. The SMILES string of the molecule is O=C(CN(Cc1ccc(C(F)(F)F)cc1)C1CC1)Nc1ccc(F)c(F)c1. The molecule has 0 aliphatic heterocycles. The van der Waals surface area contributed by atoms with E-state index >= 15 is 0 Å². The van der Waals surface area contributed by atoms with Gasteiger partial charge in [-0.1, -0.05) is 12.1 Å². The highest BCUT2D eigenvalue weighted by Gasteiger charge is 2.32. The fourth-order valence-electron chi connectivity index (χ4n) is 2.75. The normalized spacial score (nSPS) is 14.4. The number of nitrogens with one attached hydrogen (secondary N) is 1. The molecule has 0 saturated heterocycles. The Bertz CT molecular complexity index is 816. The number of halogens is 5. The lowest BCUT2D eigenvalue weighted by Gasteiger charge is -2.22. The molecule has 1 amide bonds. The average molecular weight is 384 g/mol. The fraction of sp³-hybridized carbons (Fsp3) is 0.316. The van der Waals surface area contributed by atoms with E-state index in [1.54, 1.807) is 0 Å². The zero-order chi connectivity index (χ0) is 19.6. The van der Waals surface area contributed by atoms with Crippen LogP contribution in [0.5, 0.6) is 0 Å². The Morgan fingerprint density at radius 3 is 2.26 bits per heavy atom. The van der Waals surface area contributed by atoms with E-state index in [1.165, 1.54) is 18.2 Å². The van der Waals surface area contributed by atoms with Crippen molar-refractivity contribution in [3.8, 4) is 0 Å². The Morgan fingerprint density at radius 2 is 1.70 bits per heavy atom. The van der Waals surface area contributed by atoms with Crippen LogP contribution < -0.4 is 5.32 Å². The van der Waals surface area contributed by atoms with Crippen LogP contribution in [0.1, 0.15) is 24.0 Å². The lowest BCUT2D eigenvalue weighted by molar-refractivity contribution is -0.137. The third-order valence-electron chi connectivity index (χ3n) is 4.28. The van der Waals surface area contributed by atoms with E-state index in [4.69, 9.17) is 0 Å². The summed E-state index contributed by atoms with van der Waals surface area (Å²) < 4.78 is 64.1. The molecule has 0 spiro atoms. The molecule has 1 N–H and O–H groups in total. The van der Waals surface area contributed by atoms with Crippen LogP contribution in [0.25, 0.3) is 0 Å². The van der Waals surface area contributed by atoms with Crippen LogP contribution in [0, 0.1) is 11.6 Å². The highest BCUT2D eigenvalue weighted by atomic mass is 19.4. The standard InChI is InChI=1S/C19H17F5N2O/c20-16-8-5-14(9-17(16)21)25-18(27)11-26(15-6-7-15)10-12-1-3-13(4-2-12)19(22,23)24/h1-5,8-9,15H,6-7,10-11H2,(H,25,27). The van der Waals surface area contributed by atoms with Gasteiger partial charge in [0, 0.05) is 24.3 Å². The molecule has 3 rings (SSSR count). The van der Waals surface area contributed by atoms with Gasteiger partial charge in [-0.05, 0) is 42.7 Å². The maximum absolute atomic E-state index is 13.2. The van der Waals surface area contributed by atoms with E-state index in [9.17, 15) is 26.7 Å². The van der Waals surface area contributed by atoms with Gasteiger partial charge in [-0.2, -0.15) is 13.2 Å². The molecule has 1 saturated carbocycles. The van der Waals surface area contributed by atoms with Crippen molar-refractivity contribution >= 4 is 11.6 Å². The van der Waals surface area contributed by atoms with Crippen molar-refractivity contribution in [2.24, 2.45) is 0 Å². The summed E-state index contributed by atoms with van der Waals surface area (Å²) in [7, 11) is 0. The summed E-state index contributed by atoms with van der Waals surface area (Å²) in [6.07, 6.45) is -2.59. The second kappa shape index (κ2) is 7.64. The third-order valence-corrected chi connectivity index (χ3v) is 4.28. The third kappa shape index (κ3) is 5.26. The number of hydrogen-bond donors (Lipinski definition) is 1. The number of carbonyl (C=O) groups is 1. The molecule has 0 unspecified atom stereocenters. The van der Waals surface area contributed by atoms with Crippen molar-refractivity contribution in [3.63, 3.8) is 0 Å².